The first-order valence-electron chi connectivity index (χ1n) is 4.69. The van der Waals surface area contributed by atoms with Gasteiger partial charge in [0.05, 0.1) is 6.04 Å². The fourth-order valence-corrected chi connectivity index (χ4v) is 1.53. The van der Waals surface area contributed by atoms with Gasteiger partial charge in [0.2, 0.25) is 0 Å². The molecule has 3 N–H and O–H groups in total. The van der Waals surface area contributed by atoms with Gasteiger partial charge < -0.3 is 10.8 Å². The highest BCUT2D eigenvalue weighted by atomic mass is 19.3. The fourth-order valence-electron chi connectivity index (χ4n) is 1.53. The van der Waals surface area contributed by atoms with E-state index >= 15 is 0 Å². The minimum Gasteiger partial charge on any atom is -0.390 e. The maximum absolute atomic E-state index is 13.1. The average Bonchev–Trinajstić information content (AvgIpc) is 2.15. The third kappa shape index (κ3) is 2.73. The van der Waals surface area contributed by atoms with Gasteiger partial charge >= 0.3 is 0 Å². The van der Waals surface area contributed by atoms with Crippen LogP contribution in [0, 0.1) is 13.8 Å². The Balaban J connectivity index is 3.06. The zero-order chi connectivity index (χ0) is 11.6. The van der Waals surface area contributed by atoms with E-state index in [1.165, 1.54) is 0 Å². The number of halogens is 2. The highest BCUT2D eigenvalue weighted by molar-refractivity contribution is 5.31. The summed E-state index contributed by atoms with van der Waals surface area (Å²) in [5.41, 5.74) is 7.53. The molecule has 0 aliphatic rings. The Kier molecular flexibility index (Phi) is 3.42. The molecule has 0 saturated carbocycles. The third-order valence-electron chi connectivity index (χ3n) is 2.27. The van der Waals surface area contributed by atoms with Crippen molar-refractivity contribution < 1.29 is 13.9 Å². The van der Waals surface area contributed by atoms with E-state index in [0.29, 0.717) is 5.56 Å². The van der Waals surface area contributed by atoms with Crippen LogP contribution in [0.1, 0.15) is 22.7 Å². The summed E-state index contributed by atoms with van der Waals surface area (Å²) in [7, 11) is 0. The van der Waals surface area contributed by atoms with Gasteiger partial charge in [-0.1, -0.05) is 29.3 Å². The first-order valence-corrected chi connectivity index (χ1v) is 4.69. The average molecular weight is 215 g/mol. The lowest BCUT2D eigenvalue weighted by molar-refractivity contribution is -0.0711. The number of rotatable bonds is 3. The Bertz CT molecular complexity index is 332. The van der Waals surface area contributed by atoms with Crippen LogP contribution in [-0.4, -0.2) is 17.6 Å². The molecule has 0 saturated heterocycles. The van der Waals surface area contributed by atoms with Crippen LogP contribution in [-0.2, 0) is 0 Å². The van der Waals surface area contributed by atoms with E-state index in [-0.39, 0.29) is 0 Å². The summed E-state index contributed by atoms with van der Waals surface area (Å²) in [4.78, 5) is 0. The molecule has 1 aromatic carbocycles. The summed E-state index contributed by atoms with van der Waals surface area (Å²) in [6.07, 6.45) is 0. The van der Waals surface area contributed by atoms with Crippen LogP contribution >= 0.6 is 0 Å². The smallest absolute Gasteiger partial charge is 0.289 e. The van der Waals surface area contributed by atoms with E-state index in [1.54, 1.807) is 12.1 Å². The molecule has 0 fully saturated rings. The molecule has 4 heteroatoms. The van der Waals surface area contributed by atoms with Crippen molar-refractivity contribution >= 4 is 0 Å². The molecule has 1 atom stereocenters. The van der Waals surface area contributed by atoms with Crippen LogP contribution in [0.4, 0.5) is 8.78 Å². The first-order chi connectivity index (χ1) is 6.86. The number of aliphatic hydroxyl groups excluding tert-OH is 1. The molecule has 1 aromatic rings. The highest BCUT2D eigenvalue weighted by Gasteiger charge is 2.37. The van der Waals surface area contributed by atoms with Crippen LogP contribution < -0.4 is 5.73 Å². The van der Waals surface area contributed by atoms with Crippen molar-refractivity contribution in [3.05, 3.63) is 34.9 Å². The second-order valence-electron chi connectivity index (χ2n) is 3.82. The van der Waals surface area contributed by atoms with Gasteiger partial charge in [-0.2, -0.15) is 0 Å². The number of alkyl halides is 2. The first kappa shape index (κ1) is 12.1. The van der Waals surface area contributed by atoms with Gasteiger partial charge in [0, 0.05) is 0 Å². The van der Waals surface area contributed by atoms with Gasteiger partial charge in [-0.3, -0.25) is 0 Å². The lowest BCUT2D eigenvalue weighted by atomic mass is 9.98. The predicted octanol–water partition coefficient (Wildman–Crippen LogP) is 1.93. The molecule has 0 radical (unpaired) electrons. The van der Waals surface area contributed by atoms with E-state index < -0.39 is 18.6 Å². The lowest BCUT2D eigenvalue weighted by Gasteiger charge is -2.22. The van der Waals surface area contributed by atoms with Crippen LogP contribution in [0.25, 0.3) is 0 Å². The molecule has 0 aliphatic carbocycles. The molecule has 0 aliphatic heterocycles. The van der Waals surface area contributed by atoms with Crippen molar-refractivity contribution in [3.63, 3.8) is 0 Å². The standard InChI is InChI=1S/C11H15F2NO/c1-7-3-8(2)5-9(4-7)10(14)11(12,13)6-15/h3-5,10,15H,6,14H2,1-2H3. The van der Waals surface area contributed by atoms with Gasteiger partial charge in [0.15, 0.2) is 0 Å². The van der Waals surface area contributed by atoms with Crippen LogP contribution in [0.5, 0.6) is 0 Å². The number of nitrogens with two attached hydrogens (primary N) is 1. The molecular formula is C11H15F2NO. The van der Waals surface area contributed by atoms with Gasteiger partial charge in [-0.15, -0.1) is 0 Å². The molecule has 0 amide bonds. The summed E-state index contributed by atoms with van der Waals surface area (Å²) in [6.45, 7) is 2.40. The maximum atomic E-state index is 13.1. The van der Waals surface area contributed by atoms with Crippen molar-refractivity contribution in [3.8, 4) is 0 Å². The zero-order valence-corrected chi connectivity index (χ0v) is 8.80. The van der Waals surface area contributed by atoms with Crippen molar-refractivity contribution in [1.29, 1.82) is 0 Å². The van der Waals surface area contributed by atoms with E-state index in [9.17, 15) is 8.78 Å². The highest BCUT2D eigenvalue weighted by Crippen LogP contribution is 2.29. The van der Waals surface area contributed by atoms with E-state index in [2.05, 4.69) is 0 Å². The number of aliphatic hydroxyl groups is 1. The van der Waals surface area contributed by atoms with Gasteiger partial charge in [-0.05, 0) is 19.4 Å². The molecular weight excluding hydrogens is 200 g/mol. The molecule has 0 aromatic heterocycles. The zero-order valence-electron chi connectivity index (χ0n) is 8.80. The molecule has 0 spiro atoms. The Morgan fingerprint density at radius 2 is 1.73 bits per heavy atom. The van der Waals surface area contributed by atoms with Gasteiger partial charge in [0.1, 0.15) is 6.61 Å². The van der Waals surface area contributed by atoms with Crippen molar-refractivity contribution in [1.82, 2.24) is 0 Å². The van der Waals surface area contributed by atoms with Crippen molar-refractivity contribution in [2.75, 3.05) is 6.61 Å². The Morgan fingerprint density at radius 1 is 1.27 bits per heavy atom. The molecule has 1 rings (SSSR count). The third-order valence-corrected chi connectivity index (χ3v) is 2.27. The van der Waals surface area contributed by atoms with E-state index in [1.807, 2.05) is 19.9 Å². The number of hydrogen-bond acceptors (Lipinski definition) is 2. The Morgan fingerprint density at radius 3 is 2.13 bits per heavy atom. The van der Waals surface area contributed by atoms with Gasteiger partial charge in [0.25, 0.3) is 5.92 Å². The van der Waals surface area contributed by atoms with Crippen molar-refractivity contribution in [2.24, 2.45) is 5.73 Å². The second kappa shape index (κ2) is 4.24. The maximum Gasteiger partial charge on any atom is 0.289 e. The van der Waals surface area contributed by atoms with Crippen LogP contribution in [0.15, 0.2) is 18.2 Å². The summed E-state index contributed by atoms with van der Waals surface area (Å²) in [5, 5.41) is 8.53. The largest absolute Gasteiger partial charge is 0.390 e. The molecule has 0 heterocycles. The minimum absolute atomic E-state index is 0.353. The number of hydrogen-bond donors (Lipinski definition) is 2. The van der Waals surface area contributed by atoms with Gasteiger partial charge in [-0.25, -0.2) is 8.78 Å². The molecule has 0 bridgehead atoms. The van der Waals surface area contributed by atoms with E-state index in [0.717, 1.165) is 11.1 Å². The Labute approximate surface area is 87.7 Å². The molecule has 15 heavy (non-hydrogen) atoms. The summed E-state index contributed by atoms with van der Waals surface area (Å²) >= 11 is 0. The summed E-state index contributed by atoms with van der Waals surface area (Å²) < 4.78 is 26.2. The second-order valence-corrected chi connectivity index (χ2v) is 3.82. The monoisotopic (exact) mass is 215 g/mol. The van der Waals surface area contributed by atoms with Crippen LogP contribution in [0.2, 0.25) is 0 Å². The Hall–Kier alpha value is -1.00. The number of benzene rings is 1. The number of aryl methyl sites for hydroxylation is 2. The van der Waals surface area contributed by atoms with Crippen LogP contribution in [0.3, 0.4) is 0 Å². The SMILES string of the molecule is Cc1cc(C)cc(C(N)C(F)(F)CO)c1. The lowest BCUT2D eigenvalue weighted by Crippen LogP contribution is -2.36. The summed E-state index contributed by atoms with van der Waals surface area (Å²) in [5.74, 6) is -3.28. The minimum atomic E-state index is -3.28. The normalized spacial score (nSPS) is 14.0. The summed E-state index contributed by atoms with van der Waals surface area (Å²) in [6, 6.07) is 3.65. The fraction of sp³-hybridized carbons (Fsp3) is 0.455. The molecule has 1 unspecified atom stereocenters. The molecule has 2 nitrogen and oxygen atoms in total. The predicted molar refractivity (Wildman–Crippen MR) is 54.9 cm³/mol. The quantitative estimate of drug-likeness (QED) is 0.809. The molecule has 84 valence electrons. The van der Waals surface area contributed by atoms with E-state index in [4.69, 9.17) is 10.8 Å². The topological polar surface area (TPSA) is 46.2 Å². The van der Waals surface area contributed by atoms with Crippen molar-refractivity contribution in [2.45, 2.75) is 25.8 Å².